The molecule has 5 heteroatoms. The summed E-state index contributed by atoms with van der Waals surface area (Å²) in [6, 6.07) is 7.30. The van der Waals surface area contributed by atoms with Gasteiger partial charge in [-0.15, -0.1) is 0 Å². The van der Waals surface area contributed by atoms with E-state index in [1.165, 1.54) is 7.11 Å². The first-order valence-electron chi connectivity index (χ1n) is 6.24. The molecule has 0 radical (unpaired) electrons. The van der Waals surface area contributed by atoms with Crippen LogP contribution >= 0.6 is 22.6 Å². The SMILES string of the molecule is COC(=O)C1(NC(=O)c2cccc(I)c2)CCCC1. The number of esters is 1. The Labute approximate surface area is 126 Å². The maximum atomic E-state index is 12.3. The summed E-state index contributed by atoms with van der Waals surface area (Å²) in [4.78, 5) is 24.2. The van der Waals surface area contributed by atoms with Crippen LogP contribution in [0.4, 0.5) is 0 Å². The third-order valence-electron chi connectivity index (χ3n) is 3.47. The van der Waals surface area contributed by atoms with Gasteiger partial charge < -0.3 is 10.1 Å². The first kappa shape index (κ1) is 14.3. The van der Waals surface area contributed by atoms with Gasteiger partial charge in [0.25, 0.3) is 5.91 Å². The lowest BCUT2D eigenvalue weighted by atomic mass is 9.97. The summed E-state index contributed by atoms with van der Waals surface area (Å²) in [7, 11) is 1.36. The Bertz CT molecular complexity index is 495. The van der Waals surface area contributed by atoms with Crippen molar-refractivity contribution in [1.29, 1.82) is 0 Å². The third-order valence-corrected chi connectivity index (χ3v) is 4.14. The fourth-order valence-electron chi connectivity index (χ4n) is 2.47. The molecule has 0 aliphatic heterocycles. The van der Waals surface area contributed by atoms with Crippen LogP contribution in [-0.4, -0.2) is 24.5 Å². The monoisotopic (exact) mass is 373 g/mol. The summed E-state index contributed by atoms with van der Waals surface area (Å²) in [5, 5.41) is 2.87. The average Bonchev–Trinajstić information content (AvgIpc) is 2.87. The lowest BCUT2D eigenvalue weighted by Gasteiger charge is -2.27. The van der Waals surface area contributed by atoms with Crippen LogP contribution in [0.5, 0.6) is 0 Å². The molecular weight excluding hydrogens is 357 g/mol. The van der Waals surface area contributed by atoms with E-state index in [4.69, 9.17) is 4.74 Å². The Morgan fingerprint density at radius 2 is 2.00 bits per heavy atom. The van der Waals surface area contributed by atoms with Crippen molar-refractivity contribution in [2.45, 2.75) is 31.2 Å². The molecule has 1 amide bonds. The maximum Gasteiger partial charge on any atom is 0.331 e. The van der Waals surface area contributed by atoms with Crippen molar-refractivity contribution in [2.75, 3.05) is 7.11 Å². The molecule has 0 atom stereocenters. The summed E-state index contributed by atoms with van der Waals surface area (Å²) in [5.74, 6) is -0.560. The number of methoxy groups -OCH3 is 1. The van der Waals surface area contributed by atoms with E-state index in [1.807, 2.05) is 12.1 Å². The molecular formula is C14H16INO3. The van der Waals surface area contributed by atoms with Crippen molar-refractivity contribution in [3.05, 3.63) is 33.4 Å². The molecule has 1 aliphatic rings. The number of amides is 1. The van der Waals surface area contributed by atoms with Crippen molar-refractivity contribution in [3.63, 3.8) is 0 Å². The molecule has 1 aromatic rings. The minimum atomic E-state index is -0.840. The van der Waals surface area contributed by atoms with E-state index < -0.39 is 5.54 Å². The minimum absolute atomic E-state index is 0.217. The zero-order chi connectivity index (χ0) is 13.9. The molecule has 102 valence electrons. The number of benzene rings is 1. The van der Waals surface area contributed by atoms with Gasteiger partial charge in [0, 0.05) is 9.13 Å². The zero-order valence-corrected chi connectivity index (χ0v) is 12.9. The molecule has 0 unspecified atom stereocenters. The first-order chi connectivity index (χ1) is 9.07. The van der Waals surface area contributed by atoms with Crippen LogP contribution in [0.15, 0.2) is 24.3 Å². The van der Waals surface area contributed by atoms with Crippen molar-refractivity contribution in [3.8, 4) is 0 Å². The van der Waals surface area contributed by atoms with Crippen LogP contribution in [0.2, 0.25) is 0 Å². The molecule has 4 nitrogen and oxygen atoms in total. The third kappa shape index (κ3) is 3.08. The number of rotatable bonds is 3. The molecule has 1 aromatic carbocycles. The summed E-state index contributed by atoms with van der Waals surface area (Å²) in [6.45, 7) is 0. The Balaban J connectivity index is 2.18. The summed E-state index contributed by atoms with van der Waals surface area (Å²) in [6.07, 6.45) is 3.16. The Morgan fingerprint density at radius 1 is 1.32 bits per heavy atom. The highest BCUT2D eigenvalue weighted by Crippen LogP contribution is 2.31. The second-order valence-electron chi connectivity index (χ2n) is 4.75. The van der Waals surface area contributed by atoms with Crippen LogP contribution in [0, 0.1) is 3.57 Å². The highest BCUT2D eigenvalue weighted by atomic mass is 127. The lowest BCUT2D eigenvalue weighted by molar-refractivity contribution is -0.148. The van der Waals surface area contributed by atoms with Gasteiger partial charge in [-0.05, 0) is 53.6 Å². The van der Waals surface area contributed by atoms with E-state index in [9.17, 15) is 9.59 Å². The van der Waals surface area contributed by atoms with Crippen LogP contribution in [0.3, 0.4) is 0 Å². The predicted molar refractivity (Wildman–Crippen MR) is 79.8 cm³/mol. The van der Waals surface area contributed by atoms with Crippen molar-refractivity contribution >= 4 is 34.5 Å². The van der Waals surface area contributed by atoms with Gasteiger partial charge in [0.05, 0.1) is 7.11 Å². The fraction of sp³-hybridized carbons (Fsp3) is 0.429. The first-order valence-corrected chi connectivity index (χ1v) is 7.32. The molecule has 2 rings (SSSR count). The van der Waals surface area contributed by atoms with Gasteiger partial charge in [0.2, 0.25) is 0 Å². The van der Waals surface area contributed by atoms with E-state index in [1.54, 1.807) is 12.1 Å². The van der Waals surface area contributed by atoms with Gasteiger partial charge in [0.1, 0.15) is 5.54 Å². The van der Waals surface area contributed by atoms with Gasteiger partial charge in [-0.25, -0.2) is 4.79 Å². The van der Waals surface area contributed by atoms with E-state index in [0.29, 0.717) is 18.4 Å². The summed E-state index contributed by atoms with van der Waals surface area (Å²) >= 11 is 2.16. The van der Waals surface area contributed by atoms with Gasteiger partial charge in [-0.3, -0.25) is 4.79 Å². The van der Waals surface area contributed by atoms with Crippen LogP contribution < -0.4 is 5.32 Å². The number of ether oxygens (including phenoxy) is 1. The zero-order valence-electron chi connectivity index (χ0n) is 10.7. The van der Waals surface area contributed by atoms with Crippen LogP contribution in [-0.2, 0) is 9.53 Å². The molecule has 1 fully saturated rings. The molecule has 0 saturated heterocycles. The number of hydrogen-bond acceptors (Lipinski definition) is 3. The Morgan fingerprint density at radius 3 is 2.58 bits per heavy atom. The van der Waals surface area contributed by atoms with Gasteiger partial charge in [-0.2, -0.15) is 0 Å². The van der Waals surface area contributed by atoms with E-state index in [-0.39, 0.29) is 11.9 Å². The van der Waals surface area contributed by atoms with Crippen LogP contribution in [0.1, 0.15) is 36.0 Å². The number of carbonyl (C=O) groups is 2. The molecule has 0 aromatic heterocycles. The molecule has 0 spiro atoms. The molecule has 19 heavy (non-hydrogen) atoms. The Kier molecular flexibility index (Phi) is 4.44. The topological polar surface area (TPSA) is 55.4 Å². The number of hydrogen-bond donors (Lipinski definition) is 1. The van der Waals surface area contributed by atoms with Crippen molar-refractivity contribution in [2.24, 2.45) is 0 Å². The molecule has 0 heterocycles. The molecule has 0 bridgehead atoms. The van der Waals surface area contributed by atoms with Gasteiger partial charge >= 0.3 is 5.97 Å². The molecule has 1 N–H and O–H groups in total. The highest BCUT2D eigenvalue weighted by Gasteiger charge is 2.43. The molecule has 1 aliphatic carbocycles. The Hall–Kier alpha value is -1.11. The van der Waals surface area contributed by atoms with Crippen molar-refractivity contribution in [1.82, 2.24) is 5.32 Å². The minimum Gasteiger partial charge on any atom is -0.467 e. The van der Waals surface area contributed by atoms with Gasteiger partial charge in [0.15, 0.2) is 0 Å². The van der Waals surface area contributed by atoms with Gasteiger partial charge in [-0.1, -0.05) is 18.9 Å². The van der Waals surface area contributed by atoms with Crippen molar-refractivity contribution < 1.29 is 14.3 Å². The largest absolute Gasteiger partial charge is 0.467 e. The normalized spacial score (nSPS) is 16.9. The van der Waals surface area contributed by atoms with E-state index >= 15 is 0 Å². The van der Waals surface area contributed by atoms with E-state index in [2.05, 4.69) is 27.9 Å². The second kappa shape index (κ2) is 5.90. The highest BCUT2D eigenvalue weighted by molar-refractivity contribution is 14.1. The predicted octanol–water partition coefficient (Wildman–Crippen LogP) is 2.51. The summed E-state index contributed by atoms with van der Waals surface area (Å²) < 4.78 is 5.83. The quantitative estimate of drug-likeness (QED) is 0.655. The maximum absolute atomic E-state index is 12.3. The number of nitrogens with one attached hydrogen (secondary N) is 1. The second-order valence-corrected chi connectivity index (χ2v) is 5.99. The number of carbonyl (C=O) groups excluding carboxylic acids is 2. The standard InChI is InChI=1S/C14H16INO3/c1-19-13(18)14(7-2-3-8-14)16-12(17)10-5-4-6-11(15)9-10/h4-6,9H,2-3,7-8H2,1H3,(H,16,17). The number of halogens is 1. The fourth-order valence-corrected chi connectivity index (χ4v) is 3.02. The van der Waals surface area contributed by atoms with Crippen LogP contribution in [0.25, 0.3) is 0 Å². The summed E-state index contributed by atoms with van der Waals surface area (Å²) in [5.41, 5.74) is -0.269. The smallest absolute Gasteiger partial charge is 0.331 e. The van der Waals surface area contributed by atoms with E-state index in [0.717, 1.165) is 16.4 Å². The molecule has 1 saturated carbocycles. The lowest BCUT2D eigenvalue weighted by Crippen LogP contribution is -2.53. The average molecular weight is 373 g/mol.